The number of esters is 2. The number of carbonyl (C=O) groups excluding carboxylic acids is 2. The summed E-state index contributed by atoms with van der Waals surface area (Å²) < 4.78 is 33.0. The summed E-state index contributed by atoms with van der Waals surface area (Å²) in [7, 11) is -4.38. The number of phosphoric acid groups is 1. The van der Waals surface area contributed by atoms with Crippen LogP contribution in [0.5, 0.6) is 0 Å². The lowest BCUT2D eigenvalue weighted by Gasteiger charge is -2.19. The van der Waals surface area contributed by atoms with Gasteiger partial charge >= 0.3 is 19.8 Å². The predicted octanol–water partition coefficient (Wildman–Crippen LogP) is 17.8. The van der Waals surface area contributed by atoms with E-state index >= 15 is 0 Å². The quantitative estimate of drug-likeness (QED) is 0.0264. The third kappa shape index (κ3) is 53.3. The lowest BCUT2D eigenvalue weighted by Crippen LogP contribution is -2.29. The van der Waals surface area contributed by atoms with Crippen LogP contribution in [0.25, 0.3) is 0 Å². The Morgan fingerprint density at radius 3 is 1.15 bits per heavy atom. The molecule has 2 atom stereocenters. The Balaban J connectivity index is 3.87. The maximum absolute atomic E-state index is 12.7. The van der Waals surface area contributed by atoms with Gasteiger partial charge in [0.15, 0.2) is 6.10 Å². The van der Waals surface area contributed by atoms with Crippen molar-refractivity contribution in [3.05, 3.63) is 48.6 Å². The van der Waals surface area contributed by atoms with Gasteiger partial charge in [-0.05, 0) is 77.0 Å². The van der Waals surface area contributed by atoms with Gasteiger partial charge in [-0.15, -0.1) is 0 Å². The molecule has 0 aliphatic carbocycles. The van der Waals surface area contributed by atoms with E-state index in [1.54, 1.807) is 0 Å². The van der Waals surface area contributed by atoms with Crippen molar-refractivity contribution in [3.63, 3.8) is 0 Å². The van der Waals surface area contributed by atoms with Crippen LogP contribution < -0.4 is 5.73 Å². The first-order valence-electron chi connectivity index (χ1n) is 28.6. The molecule has 9 nitrogen and oxygen atoms in total. The molecule has 0 aliphatic rings. The molecule has 68 heavy (non-hydrogen) atoms. The number of allylic oxidation sites excluding steroid dienone is 8. The van der Waals surface area contributed by atoms with Gasteiger partial charge in [-0.25, -0.2) is 4.57 Å². The average molecular weight is 978 g/mol. The van der Waals surface area contributed by atoms with Crippen molar-refractivity contribution < 1.29 is 37.6 Å². The number of hydrogen-bond donors (Lipinski definition) is 2. The van der Waals surface area contributed by atoms with Crippen LogP contribution in [-0.4, -0.2) is 49.3 Å². The largest absolute Gasteiger partial charge is 0.472 e. The van der Waals surface area contributed by atoms with Gasteiger partial charge in [-0.2, -0.15) is 0 Å². The average Bonchev–Trinajstić information content (AvgIpc) is 3.33. The second-order valence-electron chi connectivity index (χ2n) is 19.2. The van der Waals surface area contributed by atoms with Gasteiger partial charge in [0.05, 0.1) is 13.2 Å². The molecule has 0 rings (SSSR count). The number of carbonyl (C=O) groups is 2. The molecule has 3 N–H and O–H groups in total. The number of ether oxygens (including phenoxy) is 2. The number of phosphoric ester groups is 1. The minimum Gasteiger partial charge on any atom is -0.462 e. The van der Waals surface area contributed by atoms with E-state index < -0.39 is 26.5 Å². The molecular formula is C58H108NO8P. The molecule has 0 aromatic carbocycles. The standard InChI is InChI=1S/C58H108NO8P/c1-3-5-7-9-11-13-15-17-19-20-21-22-23-24-25-26-27-28-29-30-31-32-33-34-35-36-37-39-41-43-45-47-49-51-58(61)67-56(55-66-68(62,63)65-53-52-59)54-64-57(60)50-48-46-44-42-40-38-18-16-14-12-10-8-6-4-2/h15-18,20-21,23-24,56H,3-14,19,22,25-55,59H2,1-2H3,(H,62,63)/b17-15-,18-16-,21-20-,24-23-. The number of hydrogen-bond acceptors (Lipinski definition) is 8. The Morgan fingerprint density at radius 2 is 0.765 bits per heavy atom. The van der Waals surface area contributed by atoms with Crippen molar-refractivity contribution in [2.45, 2.75) is 283 Å². The number of rotatable bonds is 54. The van der Waals surface area contributed by atoms with Crippen molar-refractivity contribution in [1.29, 1.82) is 0 Å². The van der Waals surface area contributed by atoms with Crippen molar-refractivity contribution in [3.8, 4) is 0 Å². The second kappa shape index (κ2) is 54.3. The normalized spacial score (nSPS) is 13.4. The highest BCUT2D eigenvalue weighted by molar-refractivity contribution is 7.47. The first-order valence-corrected chi connectivity index (χ1v) is 30.1. The van der Waals surface area contributed by atoms with E-state index in [4.69, 9.17) is 24.3 Å². The van der Waals surface area contributed by atoms with E-state index in [0.717, 1.165) is 64.2 Å². The summed E-state index contributed by atoms with van der Waals surface area (Å²) >= 11 is 0. The highest BCUT2D eigenvalue weighted by atomic mass is 31.2. The first kappa shape index (κ1) is 66.0. The minimum absolute atomic E-state index is 0.0528. The Bertz CT molecular complexity index is 1250. The molecule has 0 saturated carbocycles. The van der Waals surface area contributed by atoms with E-state index in [1.165, 1.54) is 180 Å². The summed E-state index contributed by atoms with van der Waals surface area (Å²) in [5, 5.41) is 0. The highest BCUT2D eigenvalue weighted by Crippen LogP contribution is 2.43. The summed E-state index contributed by atoms with van der Waals surface area (Å²) in [6, 6.07) is 0. The molecule has 0 heterocycles. The lowest BCUT2D eigenvalue weighted by atomic mass is 10.0. The molecule has 2 unspecified atom stereocenters. The molecular weight excluding hydrogens is 870 g/mol. The van der Waals surface area contributed by atoms with Crippen molar-refractivity contribution >= 4 is 19.8 Å². The molecule has 0 aromatic heterocycles. The molecule has 10 heteroatoms. The monoisotopic (exact) mass is 978 g/mol. The minimum atomic E-state index is -4.38. The van der Waals surface area contributed by atoms with Crippen LogP contribution in [0.3, 0.4) is 0 Å². The van der Waals surface area contributed by atoms with Crippen LogP contribution >= 0.6 is 7.82 Å². The van der Waals surface area contributed by atoms with Crippen molar-refractivity contribution in [1.82, 2.24) is 0 Å². The molecule has 0 radical (unpaired) electrons. The highest BCUT2D eigenvalue weighted by Gasteiger charge is 2.26. The number of unbranched alkanes of at least 4 members (excludes halogenated alkanes) is 33. The second-order valence-corrected chi connectivity index (χ2v) is 20.6. The van der Waals surface area contributed by atoms with E-state index in [9.17, 15) is 19.0 Å². The summed E-state index contributed by atoms with van der Waals surface area (Å²) in [4.78, 5) is 35.1. The maximum atomic E-state index is 12.7. The van der Waals surface area contributed by atoms with Gasteiger partial charge in [0.2, 0.25) is 0 Å². The zero-order valence-electron chi connectivity index (χ0n) is 44.3. The van der Waals surface area contributed by atoms with E-state index in [2.05, 4.69) is 62.5 Å². The number of nitrogens with two attached hydrogens (primary N) is 1. The molecule has 398 valence electrons. The molecule has 0 bridgehead atoms. The van der Waals surface area contributed by atoms with Crippen LogP contribution in [0.4, 0.5) is 0 Å². The Morgan fingerprint density at radius 1 is 0.441 bits per heavy atom. The zero-order chi connectivity index (χ0) is 49.5. The van der Waals surface area contributed by atoms with Crippen LogP contribution in [0.2, 0.25) is 0 Å². The molecule has 0 spiro atoms. The molecule has 0 aliphatic heterocycles. The van der Waals surface area contributed by atoms with Gasteiger partial charge < -0.3 is 20.1 Å². The predicted molar refractivity (Wildman–Crippen MR) is 289 cm³/mol. The summed E-state index contributed by atoms with van der Waals surface area (Å²) in [5.41, 5.74) is 5.37. The summed E-state index contributed by atoms with van der Waals surface area (Å²) in [5.74, 6) is -0.829. The fraction of sp³-hybridized carbons (Fsp3) is 0.828. The Labute approximate surface area is 419 Å². The molecule has 0 amide bonds. The van der Waals surface area contributed by atoms with Crippen LogP contribution in [0.15, 0.2) is 48.6 Å². The topological polar surface area (TPSA) is 134 Å². The van der Waals surface area contributed by atoms with Crippen molar-refractivity contribution in [2.75, 3.05) is 26.4 Å². The lowest BCUT2D eigenvalue weighted by molar-refractivity contribution is -0.161. The fourth-order valence-corrected chi connectivity index (χ4v) is 8.93. The van der Waals surface area contributed by atoms with Crippen LogP contribution in [0.1, 0.15) is 277 Å². The maximum Gasteiger partial charge on any atom is 0.472 e. The SMILES string of the molecule is CCCCCCC/C=C\C/C=C\C/C=C\CCCCCCCCCCCCCCCCCCCCC(=O)OC(COC(=O)CCCCCCC/C=C\CCCCCCC)COP(=O)(O)OCCN. The van der Waals surface area contributed by atoms with Crippen LogP contribution in [-0.2, 0) is 32.7 Å². The summed E-state index contributed by atoms with van der Waals surface area (Å²) in [6.07, 6.45) is 66.1. The Hall–Kier alpha value is -2.03. The van der Waals surface area contributed by atoms with E-state index in [0.29, 0.717) is 6.42 Å². The first-order chi connectivity index (χ1) is 33.3. The van der Waals surface area contributed by atoms with Gasteiger partial charge in [0, 0.05) is 19.4 Å². The third-order valence-corrected chi connectivity index (χ3v) is 13.4. The van der Waals surface area contributed by atoms with Gasteiger partial charge in [-0.3, -0.25) is 18.6 Å². The molecule has 0 saturated heterocycles. The van der Waals surface area contributed by atoms with Gasteiger partial charge in [0.25, 0.3) is 0 Å². The van der Waals surface area contributed by atoms with E-state index in [1.807, 2.05) is 0 Å². The zero-order valence-corrected chi connectivity index (χ0v) is 45.2. The molecule has 0 fully saturated rings. The van der Waals surface area contributed by atoms with Gasteiger partial charge in [-0.1, -0.05) is 236 Å². The van der Waals surface area contributed by atoms with Crippen molar-refractivity contribution in [2.24, 2.45) is 5.73 Å². The smallest absolute Gasteiger partial charge is 0.462 e. The third-order valence-electron chi connectivity index (χ3n) is 12.4. The fourth-order valence-electron chi connectivity index (χ4n) is 8.17. The van der Waals surface area contributed by atoms with Crippen LogP contribution in [0, 0.1) is 0 Å². The molecule has 0 aromatic rings. The van der Waals surface area contributed by atoms with E-state index in [-0.39, 0.29) is 38.6 Å². The Kier molecular flexibility index (Phi) is 52.7. The van der Waals surface area contributed by atoms with Gasteiger partial charge in [0.1, 0.15) is 6.61 Å². The summed E-state index contributed by atoms with van der Waals surface area (Å²) in [6.45, 7) is 3.74.